The number of quaternary nitrogens is 1. The molecule has 2 heterocycles. The first-order chi connectivity index (χ1) is 13.6. The Morgan fingerprint density at radius 2 is 2.03 bits per heavy atom. The number of H-pyrrole nitrogens is 1. The molecule has 29 heavy (non-hydrogen) atoms. The molecule has 1 saturated heterocycles. The summed E-state index contributed by atoms with van der Waals surface area (Å²) in [6, 6.07) is 6.40. The number of aryl methyl sites for hydroxylation is 1. The highest BCUT2D eigenvalue weighted by Gasteiger charge is 2.53. The fourth-order valence-corrected chi connectivity index (χ4v) is 6.04. The zero-order chi connectivity index (χ0) is 21.0. The van der Waals surface area contributed by atoms with Gasteiger partial charge in [-0.05, 0) is 30.9 Å². The Morgan fingerprint density at radius 3 is 2.76 bits per heavy atom. The molecule has 156 valence electrons. The Hall–Kier alpha value is -2.34. The van der Waals surface area contributed by atoms with Gasteiger partial charge in [0.05, 0.1) is 25.4 Å². The van der Waals surface area contributed by atoms with E-state index in [-0.39, 0.29) is 5.91 Å². The normalized spacial score (nSPS) is 27.8. The van der Waals surface area contributed by atoms with Gasteiger partial charge in [0.15, 0.2) is 6.54 Å². The number of fused-ring (bicyclic) bond motifs is 3. The van der Waals surface area contributed by atoms with E-state index in [2.05, 4.69) is 31.1 Å². The summed E-state index contributed by atoms with van der Waals surface area (Å²) in [6.07, 6.45) is 3.57. The summed E-state index contributed by atoms with van der Waals surface area (Å²) < 4.78 is 4.92. The van der Waals surface area contributed by atoms with Crippen molar-refractivity contribution in [3.05, 3.63) is 29.5 Å². The molecule has 3 N–H and O–H groups in total. The summed E-state index contributed by atoms with van der Waals surface area (Å²) in [5.74, 6) is -0.533. The fourth-order valence-electron chi connectivity index (χ4n) is 6.04. The van der Waals surface area contributed by atoms with E-state index < -0.39 is 5.97 Å². The summed E-state index contributed by atoms with van der Waals surface area (Å²) in [5.41, 5.74) is 3.35. The number of rotatable bonds is 4. The molecule has 2 bridgehead atoms. The standard InChI is InChI=1S/C23H31N3O3/c1-14-6-7-17-16(8-14)19(20(24-17)21(28)29-5)25-18(27)11-26-13-23(4)10-15(26)9-22(2,3)12-23/h6-8,15,24H,9-13H2,1-5H3,(H,25,27)/p+1/t15-,23-/m1/s1. The first-order valence-corrected chi connectivity index (χ1v) is 10.4. The van der Waals surface area contributed by atoms with Gasteiger partial charge in [0.1, 0.15) is 5.69 Å². The van der Waals surface area contributed by atoms with E-state index >= 15 is 0 Å². The number of likely N-dealkylation sites (tertiary alicyclic amines) is 1. The maximum atomic E-state index is 13.0. The number of amides is 1. The SMILES string of the molecule is COC(=O)c1[nH]c2ccc(C)cc2c1NC(=O)C[NH+]1C[C@]2(C)C[C@H]1CC(C)(C)C2. The third-order valence-corrected chi connectivity index (χ3v) is 6.67. The highest BCUT2D eigenvalue weighted by Crippen LogP contribution is 2.47. The average molecular weight is 399 g/mol. The van der Waals surface area contributed by atoms with E-state index in [1.54, 1.807) is 0 Å². The lowest BCUT2D eigenvalue weighted by molar-refractivity contribution is -0.906. The Balaban J connectivity index is 1.57. The van der Waals surface area contributed by atoms with Crippen LogP contribution in [0.25, 0.3) is 10.9 Å². The summed E-state index contributed by atoms with van der Waals surface area (Å²) in [5, 5.41) is 3.86. The van der Waals surface area contributed by atoms with Gasteiger partial charge in [0, 0.05) is 29.2 Å². The molecule has 1 unspecified atom stereocenters. The van der Waals surface area contributed by atoms with Gasteiger partial charge in [-0.25, -0.2) is 4.79 Å². The molecule has 3 atom stereocenters. The Bertz CT molecular complexity index is 977. The molecule has 0 spiro atoms. The molecule has 4 rings (SSSR count). The zero-order valence-electron chi connectivity index (χ0n) is 18.1. The van der Waals surface area contributed by atoms with Crippen molar-refractivity contribution in [3.8, 4) is 0 Å². The van der Waals surface area contributed by atoms with Crippen molar-refractivity contribution < 1.29 is 19.2 Å². The molecule has 6 heteroatoms. The number of ether oxygens (including phenoxy) is 1. The second kappa shape index (κ2) is 6.87. The van der Waals surface area contributed by atoms with E-state index in [9.17, 15) is 9.59 Å². The fraction of sp³-hybridized carbons (Fsp3) is 0.565. The van der Waals surface area contributed by atoms with Crippen LogP contribution in [-0.2, 0) is 9.53 Å². The molecule has 0 radical (unpaired) electrons. The molecule has 1 aliphatic carbocycles. The molecule has 2 aliphatic rings. The second-order valence-corrected chi connectivity index (χ2v) is 10.2. The van der Waals surface area contributed by atoms with Crippen molar-refractivity contribution >= 4 is 28.5 Å². The smallest absolute Gasteiger partial charge is 0.356 e. The maximum absolute atomic E-state index is 13.0. The van der Waals surface area contributed by atoms with Crippen molar-refractivity contribution in [1.29, 1.82) is 0 Å². The van der Waals surface area contributed by atoms with Crippen LogP contribution in [-0.4, -0.2) is 43.1 Å². The number of benzene rings is 1. The molecule has 1 saturated carbocycles. The van der Waals surface area contributed by atoms with Crippen LogP contribution in [0.2, 0.25) is 0 Å². The molecular weight excluding hydrogens is 366 g/mol. The molecule has 1 amide bonds. The van der Waals surface area contributed by atoms with Crippen molar-refractivity contribution in [2.24, 2.45) is 10.8 Å². The van der Waals surface area contributed by atoms with Crippen LogP contribution in [0.4, 0.5) is 5.69 Å². The summed E-state index contributed by atoms with van der Waals surface area (Å²) in [4.78, 5) is 29.7. The van der Waals surface area contributed by atoms with E-state index in [4.69, 9.17) is 4.74 Å². The van der Waals surface area contributed by atoms with Gasteiger partial charge >= 0.3 is 5.97 Å². The van der Waals surface area contributed by atoms with Crippen LogP contribution in [0.1, 0.15) is 56.1 Å². The van der Waals surface area contributed by atoms with Crippen LogP contribution in [0.15, 0.2) is 18.2 Å². The topological polar surface area (TPSA) is 75.6 Å². The van der Waals surface area contributed by atoms with Gasteiger partial charge in [-0.3, -0.25) is 4.79 Å². The molecule has 1 aliphatic heterocycles. The minimum absolute atomic E-state index is 0.0542. The number of anilines is 1. The largest absolute Gasteiger partial charge is 0.464 e. The van der Waals surface area contributed by atoms with Crippen molar-refractivity contribution in [3.63, 3.8) is 0 Å². The van der Waals surface area contributed by atoms with E-state index in [0.717, 1.165) is 29.4 Å². The lowest BCUT2D eigenvalue weighted by Crippen LogP contribution is -3.15. The van der Waals surface area contributed by atoms with Gasteiger partial charge in [-0.1, -0.05) is 32.4 Å². The number of aromatic amines is 1. The molecule has 1 aromatic heterocycles. The quantitative estimate of drug-likeness (QED) is 0.693. The molecule has 2 fully saturated rings. The Kier molecular flexibility index (Phi) is 4.73. The second-order valence-electron chi connectivity index (χ2n) is 10.2. The van der Waals surface area contributed by atoms with Crippen LogP contribution in [0, 0.1) is 17.8 Å². The number of carbonyl (C=O) groups is 2. The molecule has 2 aromatic rings. The van der Waals surface area contributed by atoms with Gasteiger partial charge in [0.2, 0.25) is 0 Å². The predicted octanol–water partition coefficient (Wildman–Crippen LogP) is 2.68. The van der Waals surface area contributed by atoms with Crippen LogP contribution >= 0.6 is 0 Å². The number of methoxy groups -OCH3 is 1. The molecular formula is C23H32N3O3+. The van der Waals surface area contributed by atoms with E-state index in [1.807, 2.05) is 25.1 Å². The number of nitrogens with one attached hydrogen (secondary N) is 3. The third kappa shape index (κ3) is 3.78. The average Bonchev–Trinajstić information content (AvgIpc) is 3.07. The minimum Gasteiger partial charge on any atom is -0.464 e. The first-order valence-electron chi connectivity index (χ1n) is 10.4. The van der Waals surface area contributed by atoms with Gasteiger partial charge < -0.3 is 19.9 Å². The molecule has 6 nitrogen and oxygen atoms in total. The lowest BCUT2D eigenvalue weighted by atomic mass is 9.65. The number of hydrogen-bond donors (Lipinski definition) is 3. The minimum atomic E-state index is -0.479. The van der Waals surface area contributed by atoms with Gasteiger partial charge in [0.25, 0.3) is 5.91 Å². The van der Waals surface area contributed by atoms with Gasteiger partial charge in [-0.15, -0.1) is 0 Å². The molecule has 1 aromatic carbocycles. The highest BCUT2D eigenvalue weighted by atomic mass is 16.5. The number of hydrogen-bond acceptors (Lipinski definition) is 3. The monoisotopic (exact) mass is 398 g/mol. The van der Waals surface area contributed by atoms with Crippen molar-refractivity contribution in [2.75, 3.05) is 25.5 Å². The van der Waals surface area contributed by atoms with Crippen molar-refractivity contribution in [2.45, 2.75) is 53.0 Å². The van der Waals surface area contributed by atoms with E-state index in [0.29, 0.717) is 34.8 Å². The number of aromatic nitrogens is 1. The Labute approximate surface area is 172 Å². The Morgan fingerprint density at radius 1 is 1.28 bits per heavy atom. The van der Waals surface area contributed by atoms with Crippen molar-refractivity contribution in [1.82, 2.24) is 4.98 Å². The third-order valence-electron chi connectivity index (χ3n) is 6.67. The van der Waals surface area contributed by atoms with Crippen LogP contribution in [0.5, 0.6) is 0 Å². The summed E-state index contributed by atoms with van der Waals surface area (Å²) in [6.45, 7) is 10.5. The zero-order valence-corrected chi connectivity index (χ0v) is 18.1. The van der Waals surface area contributed by atoms with Crippen LogP contribution in [0.3, 0.4) is 0 Å². The van der Waals surface area contributed by atoms with Crippen LogP contribution < -0.4 is 10.2 Å². The number of carbonyl (C=O) groups excluding carboxylic acids is 2. The maximum Gasteiger partial charge on any atom is 0.356 e. The summed E-state index contributed by atoms with van der Waals surface area (Å²) in [7, 11) is 1.35. The predicted molar refractivity (Wildman–Crippen MR) is 113 cm³/mol. The van der Waals surface area contributed by atoms with Gasteiger partial charge in [-0.2, -0.15) is 0 Å². The number of esters is 1. The highest BCUT2D eigenvalue weighted by molar-refractivity contribution is 6.11. The lowest BCUT2D eigenvalue weighted by Gasteiger charge is -2.37. The first kappa shape index (κ1) is 20.0. The van der Waals surface area contributed by atoms with E-state index in [1.165, 1.54) is 24.9 Å². The summed E-state index contributed by atoms with van der Waals surface area (Å²) >= 11 is 0.